The van der Waals surface area contributed by atoms with Gasteiger partial charge in [0.1, 0.15) is 15.4 Å². The van der Waals surface area contributed by atoms with E-state index in [4.69, 9.17) is 9.82 Å². The predicted molar refractivity (Wildman–Crippen MR) is 137 cm³/mol. The molecule has 0 unspecified atom stereocenters. The van der Waals surface area contributed by atoms with Crippen molar-refractivity contribution in [1.82, 2.24) is 20.1 Å². The summed E-state index contributed by atoms with van der Waals surface area (Å²) in [6.07, 6.45) is 10.9. The van der Waals surface area contributed by atoms with Crippen LogP contribution in [-0.2, 0) is 26.0 Å². The summed E-state index contributed by atoms with van der Waals surface area (Å²) in [7, 11) is -2.95. The minimum Gasteiger partial charge on any atom is -0.389 e. The third-order valence-electron chi connectivity index (χ3n) is 8.21. The van der Waals surface area contributed by atoms with Crippen LogP contribution >= 0.6 is 0 Å². The molecule has 2 aliphatic heterocycles. The molecule has 36 heavy (non-hydrogen) atoms. The minimum absolute atomic E-state index is 0.0557. The van der Waals surface area contributed by atoms with Crippen LogP contribution in [0.15, 0.2) is 17.5 Å². The zero-order chi connectivity index (χ0) is 24.9. The molecule has 0 aromatic carbocycles. The van der Waals surface area contributed by atoms with E-state index >= 15 is 0 Å². The van der Waals surface area contributed by atoms with Crippen LogP contribution in [0, 0.1) is 5.92 Å². The molecule has 2 aromatic heterocycles. The van der Waals surface area contributed by atoms with Gasteiger partial charge in [-0.15, -0.1) is 0 Å². The summed E-state index contributed by atoms with van der Waals surface area (Å²) in [5, 5.41) is 16.7. The molecule has 4 aliphatic rings. The van der Waals surface area contributed by atoms with Crippen molar-refractivity contribution in [3.8, 4) is 0 Å². The number of pyridine rings is 1. The second kappa shape index (κ2) is 9.00. The Bertz CT molecular complexity index is 1290. The number of hydrogen-bond acceptors (Lipinski definition) is 8. The number of carbonyl (C=O) groups excluding carboxylic acids is 1. The first-order valence-electron chi connectivity index (χ1n) is 13.2. The van der Waals surface area contributed by atoms with Gasteiger partial charge in [0.05, 0.1) is 34.5 Å². The summed E-state index contributed by atoms with van der Waals surface area (Å²) < 4.78 is 25.8. The van der Waals surface area contributed by atoms with E-state index in [1.165, 1.54) is 0 Å². The average Bonchev–Trinajstić information content (AvgIpc) is 3.43. The lowest BCUT2D eigenvalue weighted by Gasteiger charge is -2.34. The highest BCUT2D eigenvalue weighted by atomic mass is 32.2. The number of aromatic nitrogens is 3. The Morgan fingerprint density at radius 2 is 1.86 bits per heavy atom. The van der Waals surface area contributed by atoms with Gasteiger partial charge in [-0.3, -0.25) is 4.79 Å². The lowest BCUT2D eigenvalue weighted by Crippen LogP contribution is -2.40. The maximum atomic E-state index is 12.5. The molecule has 0 radical (unpaired) electrons. The number of fused-ring (bicyclic) bond motifs is 1. The number of hydrogen-bond donors (Lipinski definition) is 2. The number of oxime groups is 1. The van der Waals surface area contributed by atoms with Crippen molar-refractivity contribution in [3.63, 3.8) is 0 Å². The van der Waals surface area contributed by atoms with Gasteiger partial charge in [-0.1, -0.05) is 5.16 Å². The van der Waals surface area contributed by atoms with Crippen LogP contribution < -0.4 is 10.6 Å². The van der Waals surface area contributed by atoms with E-state index in [1.807, 2.05) is 24.0 Å². The predicted octanol–water partition coefficient (Wildman–Crippen LogP) is 2.77. The van der Waals surface area contributed by atoms with Crippen molar-refractivity contribution in [2.45, 2.75) is 88.9 Å². The van der Waals surface area contributed by atoms with Crippen LogP contribution in [0.3, 0.4) is 0 Å². The van der Waals surface area contributed by atoms with Gasteiger partial charge in [-0.25, -0.2) is 18.1 Å². The lowest BCUT2D eigenvalue weighted by molar-refractivity contribution is -0.129. The molecule has 2 N–H and O–H groups in total. The summed E-state index contributed by atoms with van der Waals surface area (Å²) >= 11 is 0. The highest BCUT2D eigenvalue weighted by molar-refractivity contribution is 7.91. The second-order valence-corrected chi connectivity index (χ2v) is 13.2. The quantitative estimate of drug-likeness (QED) is 0.607. The average molecular weight is 515 g/mol. The molecule has 4 heterocycles. The van der Waals surface area contributed by atoms with Crippen molar-refractivity contribution in [3.05, 3.63) is 18.0 Å². The van der Waals surface area contributed by atoms with Crippen molar-refractivity contribution >= 4 is 38.2 Å². The van der Waals surface area contributed by atoms with E-state index in [0.29, 0.717) is 31.8 Å². The highest BCUT2D eigenvalue weighted by Gasteiger charge is 2.45. The maximum absolute atomic E-state index is 12.5. The topological polar surface area (TPSA) is 128 Å². The fourth-order valence-electron chi connectivity index (χ4n) is 5.76. The zero-order valence-electron chi connectivity index (χ0n) is 20.7. The van der Waals surface area contributed by atoms with E-state index in [-0.39, 0.29) is 35.0 Å². The molecular formula is C25H34N6O4S. The molecule has 1 amide bonds. The molecule has 0 atom stereocenters. The summed E-state index contributed by atoms with van der Waals surface area (Å²) in [5.41, 5.74) is 3.06. The van der Waals surface area contributed by atoms with Gasteiger partial charge in [-0.2, -0.15) is 5.10 Å². The molecule has 3 fully saturated rings. The number of anilines is 1. The van der Waals surface area contributed by atoms with Gasteiger partial charge in [0.2, 0.25) is 5.91 Å². The summed E-state index contributed by atoms with van der Waals surface area (Å²) in [5.74, 6) is 0.646. The Kier molecular flexibility index (Phi) is 5.93. The molecule has 1 saturated heterocycles. The van der Waals surface area contributed by atoms with Crippen molar-refractivity contribution in [2.24, 2.45) is 11.1 Å². The molecule has 0 bridgehead atoms. The van der Waals surface area contributed by atoms with E-state index in [2.05, 4.69) is 20.9 Å². The summed E-state index contributed by atoms with van der Waals surface area (Å²) in [6.45, 7) is 2.74. The Morgan fingerprint density at radius 3 is 2.56 bits per heavy atom. The van der Waals surface area contributed by atoms with Crippen LogP contribution in [0.4, 0.5) is 5.69 Å². The third-order valence-corrected chi connectivity index (χ3v) is 9.93. The van der Waals surface area contributed by atoms with Gasteiger partial charge in [0, 0.05) is 42.7 Å². The maximum Gasteiger partial charge on any atom is 0.223 e. The van der Waals surface area contributed by atoms with Crippen LogP contribution in [-0.4, -0.2) is 64.0 Å². The Morgan fingerprint density at radius 1 is 1.11 bits per heavy atom. The number of aryl methyl sites for hydroxylation is 1. The zero-order valence-corrected chi connectivity index (χ0v) is 21.5. The van der Waals surface area contributed by atoms with Crippen LogP contribution in [0.2, 0.25) is 0 Å². The van der Waals surface area contributed by atoms with Crippen molar-refractivity contribution < 1.29 is 18.0 Å². The normalized spacial score (nSPS) is 24.0. The molecule has 10 nitrogen and oxygen atoms in total. The third kappa shape index (κ3) is 4.57. The van der Waals surface area contributed by atoms with E-state index in [9.17, 15) is 13.2 Å². The van der Waals surface area contributed by atoms with Gasteiger partial charge in [0.25, 0.3) is 0 Å². The fourth-order valence-corrected chi connectivity index (χ4v) is 7.25. The first kappa shape index (κ1) is 23.7. The lowest BCUT2D eigenvalue weighted by atomic mass is 9.75. The van der Waals surface area contributed by atoms with Crippen molar-refractivity contribution in [2.75, 3.05) is 16.8 Å². The Labute approximate surface area is 211 Å². The first-order chi connectivity index (χ1) is 17.3. The number of amides is 1. The number of nitrogens with zero attached hydrogens (tertiary/aromatic N) is 4. The molecule has 1 spiro atoms. The molecule has 11 heteroatoms. The SMILES string of the molecule is CCn1ncc2c(NC3CCS(=O)(=O)CC3)c(C3=NOC4(CCC(C(=O)NC5CC5)CC4)C3)cnc21. The highest BCUT2D eigenvalue weighted by Crippen LogP contribution is 2.43. The summed E-state index contributed by atoms with van der Waals surface area (Å²) in [4.78, 5) is 23.3. The van der Waals surface area contributed by atoms with Gasteiger partial charge in [-0.05, 0) is 58.3 Å². The largest absolute Gasteiger partial charge is 0.389 e. The molecule has 2 aliphatic carbocycles. The smallest absolute Gasteiger partial charge is 0.223 e. The fraction of sp³-hybridized carbons (Fsp3) is 0.680. The molecule has 2 aromatic rings. The standard InChI is InChI=1S/C25H34N6O4S/c1-2-31-23-20(15-27-31)22(28-18-7-11-36(33,34)12-8-18)19(14-26-23)21-13-25(35-30-21)9-5-16(6-10-25)24(32)29-17-3-4-17/h14-18H,2-13H2,1H3,(H,26,28)(H,29,32). The monoisotopic (exact) mass is 514 g/mol. The van der Waals surface area contributed by atoms with E-state index < -0.39 is 9.84 Å². The van der Waals surface area contributed by atoms with Gasteiger partial charge >= 0.3 is 0 Å². The molecular weight excluding hydrogens is 480 g/mol. The van der Waals surface area contributed by atoms with Crippen LogP contribution in [0.5, 0.6) is 0 Å². The van der Waals surface area contributed by atoms with Gasteiger partial charge < -0.3 is 15.5 Å². The molecule has 2 saturated carbocycles. The first-order valence-corrected chi connectivity index (χ1v) is 15.0. The number of nitrogens with one attached hydrogen (secondary N) is 2. The second-order valence-electron chi connectivity index (χ2n) is 10.9. The molecule has 6 rings (SSSR count). The van der Waals surface area contributed by atoms with Crippen LogP contribution in [0.25, 0.3) is 11.0 Å². The number of rotatable bonds is 6. The minimum atomic E-state index is -2.95. The van der Waals surface area contributed by atoms with Crippen molar-refractivity contribution in [1.29, 1.82) is 0 Å². The summed E-state index contributed by atoms with van der Waals surface area (Å²) in [6, 6.07) is 0.445. The Hall–Kier alpha value is -2.69. The van der Waals surface area contributed by atoms with Gasteiger partial charge in [0.15, 0.2) is 5.65 Å². The van der Waals surface area contributed by atoms with E-state index in [0.717, 1.165) is 66.5 Å². The van der Waals surface area contributed by atoms with Crippen LogP contribution in [0.1, 0.15) is 70.3 Å². The Balaban J connectivity index is 1.22. The molecule has 194 valence electrons. The van der Waals surface area contributed by atoms with E-state index in [1.54, 1.807) is 0 Å². The number of sulfone groups is 1. The number of carbonyl (C=O) groups is 1.